The molecule has 174 valence electrons. The second kappa shape index (κ2) is 10.4. The number of methoxy groups -OCH3 is 1. The van der Waals surface area contributed by atoms with E-state index in [1.54, 1.807) is 43.3 Å². The molecule has 1 aliphatic heterocycles. The smallest absolute Gasteiger partial charge is 0.337 e. The minimum atomic E-state index is -0.709. The molecule has 33 heavy (non-hydrogen) atoms. The lowest BCUT2D eigenvalue weighted by Crippen LogP contribution is -2.48. The van der Waals surface area contributed by atoms with Crippen molar-refractivity contribution in [2.24, 2.45) is 0 Å². The molecule has 0 unspecified atom stereocenters. The monoisotopic (exact) mass is 470 g/mol. The normalized spacial score (nSPS) is 15.7. The Morgan fingerprint density at radius 2 is 1.82 bits per heavy atom. The number of benzene rings is 2. The van der Waals surface area contributed by atoms with Gasteiger partial charge in [-0.3, -0.25) is 4.90 Å². The first kappa shape index (κ1) is 24.1. The van der Waals surface area contributed by atoms with Crippen molar-refractivity contribution in [1.82, 2.24) is 10.2 Å². The average Bonchev–Trinajstić information content (AvgIpc) is 2.78. The predicted octanol–water partition coefficient (Wildman–Crippen LogP) is 5.22. The van der Waals surface area contributed by atoms with Crippen LogP contribution < -0.4 is 16.0 Å². The summed E-state index contributed by atoms with van der Waals surface area (Å²) in [6.45, 7) is 6.04. The van der Waals surface area contributed by atoms with Crippen molar-refractivity contribution in [3.8, 4) is 0 Å². The van der Waals surface area contributed by atoms with Crippen LogP contribution in [0.3, 0.4) is 0 Å². The third-order valence-electron chi connectivity index (χ3n) is 5.36. The molecule has 0 spiro atoms. The Kier molecular flexibility index (Phi) is 7.60. The van der Waals surface area contributed by atoms with E-state index in [0.717, 1.165) is 12.0 Å². The van der Waals surface area contributed by atoms with Crippen LogP contribution in [0.25, 0.3) is 0 Å². The summed E-state index contributed by atoms with van der Waals surface area (Å²) in [5.74, 6) is -0.522. The molecule has 0 aromatic heterocycles. The van der Waals surface area contributed by atoms with Gasteiger partial charge in [-0.05, 0) is 55.7 Å². The van der Waals surface area contributed by atoms with E-state index in [9.17, 15) is 14.4 Å². The lowest BCUT2D eigenvalue weighted by molar-refractivity contribution is -0.136. The van der Waals surface area contributed by atoms with Crippen LogP contribution >= 0.6 is 11.6 Å². The molecule has 0 radical (unpaired) electrons. The van der Waals surface area contributed by atoms with Gasteiger partial charge in [-0.25, -0.2) is 14.4 Å². The number of allylic oxidation sites excluding steroid dienone is 1. The number of aryl methyl sites for hydroxylation is 1. The van der Waals surface area contributed by atoms with E-state index < -0.39 is 18.0 Å². The standard InChI is InChI=1S/C24H27ClN4O4/c1-5-11-29-15(3)20(22(30)33-4)21(28-24(29)32)16-7-6-8-17(12-16)26-23(31)27-18-10-9-14(2)19(25)13-18/h6-10,12-13,21H,5,11H2,1-4H3,(H,28,32)(H2,26,27,31)/t21-/m0/s1. The van der Waals surface area contributed by atoms with Crippen LogP contribution in [0.1, 0.15) is 37.4 Å². The first-order valence-electron chi connectivity index (χ1n) is 10.6. The Morgan fingerprint density at radius 3 is 2.45 bits per heavy atom. The number of amides is 4. The minimum Gasteiger partial charge on any atom is -0.466 e. The molecule has 0 aliphatic carbocycles. The Bertz CT molecular complexity index is 1120. The van der Waals surface area contributed by atoms with E-state index >= 15 is 0 Å². The highest BCUT2D eigenvalue weighted by Gasteiger charge is 2.36. The van der Waals surface area contributed by atoms with Gasteiger partial charge in [0.15, 0.2) is 0 Å². The molecule has 0 bridgehead atoms. The number of nitrogens with zero attached hydrogens (tertiary/aromatic N) is 1. The van der Waals surface area contributed by atoms with E-state index in [2.05, 4.69) is 16.0 Å². The van der Waals surface area contributed by atoms with Gasteiger partial charge in [0.2, 0.25) is 0 Å². The van der Waals surface area contributed by atoms with Gasteiger partial charge >= 0.3 is 18.0 Å². The number of rotatable bonds is 6. The third-order valence-corrected chi connectivity index (χ3v) is 5.76. The van der Waals surface area contributed by atoms with Crippen molar-refractivity contribution in [3.63, 3.8) is 0 Å². The molecule has 0 saturated heterocycles. The fourth-order valence-corrected chi connectivity index (χ4v) is 3.84. The molecule has 3 rings (SSSR count). The topological polar surface area (TPSA) is 99.8 Å². The highest BCUT2D eigenvalue weighted by Crippen LogP contribution is 2.32. The number of ether oxygens (including phenoxy) is 1. The lowest BCUT2D eigenvalue weighted by atomic mass is 9.94. The van der Waals surface area contributed by atoms with Gasteiger partial charge in [0.05, 0.1) is 18.7 Å². The lowest BCUT2D eigenvalue weighted by Gasteiger charge is -2.35. The Balaban J connectivity index is 1.85. The van der Waals surface area contributed by atoms with Crippen LogP contribution in [-0.2, 0) is 9.53 Å². The summed E-state index contributed by atoms with van der Waals surface area (Å²) in [5.41, 5.74) is 3.49. The van der Waals surface area contributed by atoms with E-state index in [1.165, 1.54) is 12.0 Å². The molecule has 0 fully saturated rings. The number of anilines is 2. The number of nitrogens with one attached hydrogen (secondary N) is 3. The van der Waals surface area contributed by atoms with Crippen molar-refractivity contribution < 1.29 is 19.1 Å². The zero-order valence-electron chi connectivity index (χ0n) is 19.0. The molecule has 2 aromatic carbocycles. The third kappa shape index (κ3) is 5.46. The molecule has 1 aliphatic rings. The van der Waals surface area contributed by atoms with E-state index in [0.29, 0.717) is 39.8 Å². The van der Waals surface area contributed by atoms with Gasteiger partial charge in [-0.1, -0.05) is 36.7 Å². The summed E-state index contributed by atoms with van der Waals surface area (Å²) in [5, 5.41) is 8.93. The Hall–Kier alpha value is -3.52. The van der Waals surface area contributed by atoms with Gasteiger partial charge in [-0.15, -0.1) is 0 Å². The van der Waals surface area contributed by atoms with Crippen LogP contribution in [0.2, 0.25) is 5.02 Å². The molecule has 1 heterocycles. The number of halogens is 1. The van der Waals surface area contributed by atoms with Crippen LogP contribution in [0, 0.1) is 6.92 Å². The van der Waals surface area contributed by atoms with Gasteiger partial charge in [0, 0.05) is 28.6 Å². The average molecular weight is 471 g/mol. The van der Waals surface area contributed by atoms with Crippen molar-refractivity contribution in [2.75, 3.05) is 24.3 Å². The van der Waals surface area contributed by atoms with Crippen molar-refractivity contribution in [3.05, 3.63) is 69.9 Å². The molecule has 3 N–H and O–H groups in total. The zero-order valence-corrected chi connectivity index (χ0v) is 19.7. The predicted molar refractivity (Wildman–Crippen MR) is 128 cm³/mol. The van der Waals surface area contributed by atoms with E-state index in [1.807, 2.05) is 19.9 Å². The maximum Gasteiger partial charge on any atom is 0.337 e. The second-order valence-corrected chi connectivity index (χ2v) is 8.10. The number of hydrogen-bond donors (Lipinski definition) is 3. The number of carbonyl (C=O) groups is 3. The van der Waals surface area contributed by atoms with Gasteiger partial charge < -0.3 is 20.7 Å². The Labute approximate surface area is 197 Å². The first-order chi connectivity index (χ1) is 15.7. The van der Waals surface area contributed by atoms with Crippen molar-refractivity contribution >= 4 is 41.0 Å². The largest absolute Gasteiger partial charge is 0.466 e. The zero-order chi connectivity index (χ0) is 24.1. The molecular formula is C24H27ClN4O4. The SMILES string of the molecule is CCCN1C(=O)N[C@@H](c2cccc(NC(=O)Nc3ccc(C)c(Cl)c3)c2)C(C(=O)OC)=C1C. The van der Waals surface area contributed by atoms with Gasteiger partial charge in [0.25, 0.3) is 0 Å². The summed E-state index contributed by atoms with van der Waals surface area (Å²) in [6.07, 6.45) is 0.741. The van der Waals surface area contributed by atoms with Crippen LogP contribution in [0.15, 0.2) is 53.7 Å². The highest BCUT2D eigenvalue weighted by molar-refractivity contribution is 6.31. The van der Waals surface area contributed by atoms with Gasteiger partial charge in [-0.2, -0.15) is 0 Å². The quantitative estimate of drug-likeness (QED) is 0.504. The maximum atomic E-state index is 12.7. The minimum absolute atomic E-state index is 0.292. The summed E-state index contributed by atoms with van der Waals surface area (Å²) in [4.78, 5) is 39.3. The molecule has 2 aromatic rings. The van der Waals surface area contributed by atoms with E-state index in [4.69, 9.17) is 16.3 Å². The molecule has 4 amide bonds. The number of hydrogen-bond acceptors (Lipinski definition) is 4. The molecular weight excluding hydrogens is 444 g/mol. The maximum absolute atomic E-state index is 12.7. The molecule has 1 atom stereocenters. The molecule has 8 nitrogen and oxygen atoms in total. The summed E-state index contributed by atoms with van der Waals surface area (Å²) < 4.78 is 4.99. The van der Waals surface area contributed by atoms with Crippen LogP contribution in [0.4, 0.5) is 21.0 Å². The number of esters is 1. The van der Waals surface area contributed by atoms with Crippen molar-refractivity contribution in [1.29, 1.82) is 0 Å². The number of urea groups is 2. The van der Waals surface area contributed by atoms with E-state index in [-0.39, 0.29) is 6.03 Å². The van der Waals surface area contributed by atoms with Gasteiger partial charge in [0.1, 0.15) is 0 Å². The fraction of sp³-hybridized carbons (Fsp3) is 0.292. The summed E-state index contributed by atoms with van der Waals surface area (Å²) in [7, 11) is 1.31. The first-order valence-corrected chi connectivity index (χ1v) is 10.9. The second-order valence-electron chi connectivity index (χ2n) is 7.69. The van der Waals surface area contributed by atoms with Crippen molar-refractivity contribution in [2.45, 2.75) is 33.2 Å². The summed E-state index contributed by atoms with van der Waals surface area (Å²) in [6, 6.07) is 10.7. The van der Waals surface area contributed by atoms with Crippen LogP contribution in [0.5, 0.6) is 0 Å². The fourth-order valence-electron chi connectivity index (χ4n) is 3.66. The summed E-state index contributed by atoms with van der Waals surface area (Å²) >= 11 is 6.12. The highest BCUT2D eigenvalue weighted by atomic mass is 35.5. The molecule has 0 saturated carbocycles. The Morgan fingerprint density at radius 1 is 1.12 bits per heavy atom. The molecule has 9 heteroatoms. The van der Waals surface area contributed by atoms with Crippen LogP contribution in [-0.4, -0.2) is 36.6 Å². The number of carbonyl (C=O) groups excluding carboxylic acids is 3.